The lowest BCUT2D eigenvalue weighted by atomic mass is 10.9. The van der Waals surface area contributed by atoms with E-state index in [4.69, 9.17) is 4.74 Å². The first kappa shape index (κ1) is 7.49. The van der Waals surface area contributed by atoms with Gasteiger partial charge in [0, 0.05) is 0 Å². The smallest absolute Gasteiger partial charge is 0.231 e. The van der Waals surface area contributed by atoms with Crippen LogP contribution in [-0.2, 0) is 0 Å². The van der Waals surface area contributed by atoms with E-state index >= 15 is 0 Å². The van der Waals surface area contributed by atoms with Gasteiger partial charge < -0.3 is 9.72 Å². The zero-order chi connectivity index (χ0) is 5.11. The molecule has 0 atom stereocenters. The van der Waals surface area contributed by atoms with Crippen LogP contribution in [0.15, 0.2) is 12.5 Å². The number of aromatic amines is 1. The summed E-state index contributed by atoms with van der Waals surface area (Å²) in [7, 11) is 1.58. The number of nitrogens with one attached hydrogen (secondary N) is 1. The topological polar surface area (TPSA) is 37.9 Å². The Hall–Kier alpha value is -0.510. The zero-order valence-corrected chi connectivity index (χ0v) is 6.13. The molecule has 0 amide bonds. The van der Waals surface area contributed by atoms with Crippen LogP contribution < -0.4 is 4.74 Å². The standard InChI is InChI=1S/C4H6N2O.BrH/c1-7-4-2-5-3-6-4;/h2-3H,1H3,(H,5,6);1H. The number of halogens is 1. The summed E-state index contributed by atoms with van der Waals surface area (Å²) in [5.41, 5.74) is 0. The van der Waals surface area contributed by atoms with E-state index in [1.54, 1.807) is 19.6 Å². The number of hydrogen-bond donors (Lipinski definition) is 1. The Morgan fingerprint density at radius 2 is 2.50 bits per heavy atom. The molecule has 0 saturated heterocycles. The summed E-state index contributed by atoms with van der Waals surface area (Å²) in [5.74, 6) is 0.625. The van der Waals surface area contributed by atoms with Crippen molar-refractivity contribution in [1.29, 1.82) is 0 Å². The van der Waals surface area contributed by atoms with Crippen LogP contribution in [0.3, 0.4) is 0 Å². The maximum atomic E-state index is 4.71. The summed E-state index contributed by atoms with van der Waals surface area (Å²) in [6.07, 6.45) is 3.25. The maximum absolute atomic E-state index is 4.71. The second-order valence-electron chi connectivity index (χ2n) is 1.11. The molecule has 0 saturated carbocycles. The third kappa shape index (κ3) is 1.54. The van der Waals surface area contributed by atoms with E-state index in [9.17, 15) is 0 Å². The van der Waals surface area contributed by atoms with Crippen LogP contribution in [0.2, 0.25) is 0 Å². The monoisotopic (exact) mass is 178 g/mol. The highest BCUT2D eigenvalue weighted by atomic mass is 79.9. The van der Waals surface area contributed by atoms with Crippen LogP contribution in [0, 0.1) is 0 Å². The number of H-pyrrole nitrogens is 1. The fourth-order valence-corrected chi connectivity index (χ4v) is 0.358. The van der Waals surface area contributed by atoms with Crippen LogP contribution in [0.5, 0.6) is 5.88 Å². The van der Waals surface area contributed by atoms with Crippen molar-refractivity contribution in [2.75, 3.05) is 7.11 Å². The molecule has 0 aliphatic rings. The summed E-state index contributed by atoms with van der Waals surface area (Å²) in [4.78, 5) is 6.50. The molecule has 0 aliphatic carbocycles. The highest BCUT2D eigenvalue weighted by Crippen LogP contribution is 1.97. The number of methoxy groups -OCH3 is 1. The van der Waals surface area contributed by atoms with Crippen molar-refractivity contribution in [3.05, 3.63) is 12.5 Å². The highest BCUT2D eigenvalue weighted by molar-refractivity contribution is 8.93. The first-order chi connectivity index (χ1) is 3.43. The molecule has 0 radical (unpaired) electrons. The first-order valence-corrected chi connectivity index (χ1v) is 1.96. The average molecular weight is 179 g/mol. The van der Waals surface area contributed by atoms with E-state index < -0.39 is 0 Å². The fourth-order valence-electron chi connectivity index (χ4n) is 0.358. The largest absolute Gasteiger partial charge is 0.480 e. The van der Waals surface area contributed by atoms with Gasteiger partial charge in [0.2, 0.25) is 5.88 Å². The van der Waals surface area contributed by atoms with Crippen molar-refractivity contribution in [3.8, 4) is 5.88 Å². The van der Waals surface area contributed by atoms with Crippen LogP contribution in [0.1, 0.15) is 0 Å². The van der Waals surface area contributed by atoms with Gasteiger partial charge in [-0.15, -0.1) is 17.0 Å². The Bertz CT molecular complexity index is 129. The van der Waals surface area contributed by atoms with Gasteiger partial charge in [0.05, 0.1) is 19.6 Å². The Labute approximate surface area is 57.9 Å². The minimum absolute atomic E-state index is 0. The Morgan fingerprint density at radius 3 is 2.75 bits per heavy atom. The molecule has 1 aromatic rings. The van der Waals surface area contributed by atoms with Gasteiger partial charge in [0.25, 0.3) is 0 Å². The van der Waals surface area contributed by atoms with Gasteiger partial charge in [0.15, 0.2) is 0 Å². The Kier molecular flexibility index (Phi) is 3.26. The Morgan fingerprint density at radius 1 is 1.75 bits per heavy atom. The van der Waals surface area contributed by atoms with E-state index in [0.29, 0.717) is 5.88 Å². The van der Waals surface area contributed by atoms with Gasteiger partial charge in [-0.3, -0.25) is 0 Å². The molecular weight excluding hydrogens is 172 g/mol. The molecule has 1 N–H and O–H groups in total. The number of aromatic nitrogens is 2. The van der Waals surface area contributed by atoms with Crippen LogP contribution in [-0.4, -0.2) is 17.1 Å². The molecule has 0 bridgehead atoms. The SMILES string of the molecule is Br.COc1c[nH]cn1. The van der Waals surface area contributed by atoms with Gasteiger partial charge in [-0.2, -0.15) is 0 Å². The summed E-state index contributed by atoms with van der Waals surface area (Å²) in [5, 5.41) is 0. The van der Waals surface area contributed by atoms with Crippen molar-refractivity contribution in [3.63, 3.8) is 0 Å². The van der Waals surface area contributed by atoms with Crippen LogP contribution in [0.25, 0.3) is 0 Å². The first-order valence-electron chi connectivity index (χ1n) is 1.96. The van der Waals surface area contributed by atoms with Crippen LogP contribution >= 0.6 is 17.0 Å². The molecule has 0 aromatic carbocycles. The number of rotatable bonds is 1. The minimum atomic E-state index is 0. The normalized spacial score (nSPS) is 7.62. The molecule has 3 nitrogen and oxygen atoms in total. The maximum Gasteiger partial charge on any atom is 0.231 e. The van der Waals surface area contributed by atoms with Crippen molar-refractivity contribution in [2.45, 2.75) is 0 Å². The molecular formula is C4H7BrN2O. The molecule has 0 fully saturated rings. The lowest BCUT2D eigenvalue weighted by Gasteiger charge is -1.84. The highest BCUT2D eigenvalue weighted by Gasteiger charge is 1.83. The predicted molar refractivity (Wildman–Crippen MR) is 35.5 cm³/mol. The van der Waals surface area contributed by atoms with Crippen molar-refractivity contribution >= 4 is 17.0 Å². The number of imidazole rings is 1. The average Bonchev–Trinajstić information content (AvgIpc) is 2.14. The van der Waals surface area contributed by atoms with E-state index in [2.05, 4.69) is 9.97 Å². The van der Waals surface area contributed by atoms with Crippen molar-refractivity contribution < 1.29 is 4.74 Å². The molecule has 1 heterocycles. The summed E-state index contributed by atoms with van der Waals surface area (Å²) < 4.78 is 4.71. The molecule has 1 rings (SSSR count). The number of ether oxygens (including phenoxy) is 1. The summed E-state index contributed by atoms with van der Waals surface area (Å²) >= 11 is 0. The van der Waals surface area contributed by atoms with Gasteiger partial charge in [-0.05, 0) is 0 Å². The molecule has 4 heteroatoms. The molecule has 0 unspecified atom stereocenters. The Balaban J connectivity index is 0.000000490. The van der Waals surface area contributed by atoms with Gasteiger partial charge in [0.1, 0.15) is 0 Å². The second kappa shape index (κ2) is 3.49. The van der Waals surface area contributed by atoms with E-state index in [1.165, 1.54) is 0 Å². The minimum Gasteiger partial charge on any atom is -0.480 e. The van der Waals surface area contributed by atoms with Gasteiger partial charge >= 0.3 is 0 Å². The molecule has 46 valence electrons. The number of hydrogen-bond acceptors (Lipinski definition) is 2. The fraction of sp³-hybridized carbons (Fsp3) is 0.250. The lowest BCUT2D eigenvalue weighted by Crippen LogP contribution is -1.78. The summed E-state index contributed by atoms with van der Waals surface area (Å²) in [6.45, 7) is 0. The predicted octanol–water partition coefficient (Wildman–Crippen LogP) is 0.996. The quantitative estimate of drug-likeness (QED) is 0.698. The third-order valence-corrected chi connectivity index (χ3v) is 0.682. The molecule has 1 aromatic heterocycles. The molecule has 0 aliphatic heterocycles. The van der Waals surface area contributed by atoms with Crippen molar-refractivity contribution in [1.82, 2.24) is 9.97 Å². The molecule has 0 spiro atoms. The van der Waals surface area contributed by atoms with E-state index in [1.807, 2.05) is 0 Å². The van der Waals surface area contributed by atoms with Gasteiger partial charge in [-0.1, -0.05) is 0 Å². The second-order valence-corrected chi connectivity index (χ2v) is 1.11. The number of nitrogens with zero attached hydrogens (tertiary/aromatic N) is 1. The van der Waals surface area contributed by atoms with Gasteiger partial charge in [-0.25, -0.2) is 4.98 Å². The van der Waals surface area contributed by atoms with Crippen LogP contribution in [0.4, 0.5) is 0 Å². The lowest BCUT2D eigenvalue weighted by molar-refractivity contribution is 0.400. The van der Waals surface area contributed by atoms with E-state index in [0.717, 1.165) is 0 Å². The van der Waals surface area contributed by atoms with E-state index in [-0.39, 0.29) is 17.0 Å². The summed E-state index contributed by atoms with van der Waals surface area (Å²) in [6, 6.07) is 0. The molecule has 8 heavy (non-hydrogen) atoms. The third-order valence-electron chi connectivity index (χ3n) is 0.682. The zero-order valence-electron chi connectivity index (χ0n) is 4.42. The van der Waals surface area contributed by atoms with Crippen molar-refractivity contribution in [2.24, 2.45) is 0 Å².